The predicted octanol–water partition coefficient (Wildman–Crippen LogP) is 1.65. The van der Waals surface area contributed by atoms with Crippen LogP contribution < -0.4 is 5.56 Å². The first-order valence-corrected chi connectivity index (χ1v) is 4.19. The molecular weight excluding hydrogens is 225 g/mol. The first kappa shape index (κ1) is 10.5. The fraction of sp³-hybridized carbons (Fsp3) is 0.111. The van der Waals surface area contributed by atoms with Gasteiger partial charge in [0.25, 0.3) is 5.56 Å². The number of phenols is 1. The molecular formula is C9H5F3N2O2. The van der Waals surface area contributed by atoms with E-state index in [-0.39, 0.29) is 10.9 Å². The van der Waals surface area contributed by atoms with Crippen molar-refractivity contribution in [1.29, 1.82) is 0 Å². The Bertz CT molecular complexity index is 604. The van der Waals surface area contributed by atoms with E-state index in [0.29, 0.717) is 0 Å². The summed E-state index contributed by atoms with van der Waals surface area (Å²) in [5.41, 5.74) is -1.22. The smallest absolute Gasteiger partial charge is 0.449 e. The van der Waals surface area contributed by atoms with Crippen LogP contribution in [0.1, 0.15) is 5.82 Å². The standard InChI is InChI=1S/C9H5F3N2O2/c10-9(11,12)8-13-4-2-1-3-5(15)6(4)7(16)14-8/h1-3,15H,(H,13,14,16). The second-order valence-electron chi connectivity index (χ2n) is 3.08. The largest absolute Gasteiger partial charge is 0.507 e. The van der Waals surface area contributed by atoms with Gasteiger partial charge in [-0.1, -0.05) is 6.07 Å². The van der Waals surface area contributed by atoms with Gasteiger partial charge in [0.2, 0.25) is 5.82 Å². The highest BCUT2D eigenvalue weighted by molar-refractivity contribution is 5.83. The number of aromatic hydroxyl groups is 1. The molecule has 0 aliphatic heterocycles. The summed E-state index contributed by atoms with van der Waals surface area (Å²) in [5, 5.41) is 9.05. The fourth-order valence-corrected chi connectivity index (χ4v) is 1.31. The van der Waals surface area contributed by atoms with Gasteiger partial charge in [-0.3, -0.25) is 4.79 Å². The van der Waals surface area contributed by atoms with Gasteiger partial charge in [0.15, 0.2) is 0 Å². The highest BCUT2D eigenvalue weighted by Gasteiger charge is 2.34. The van der Waals surface area contributed by atoms with Crippen molar-refractivity contribution in [3.63, 3.8) is 0 Å². The Balaban J connectivity index is 2.85. The summed E-state index contributed by atoms with van der Waals surface area (Å²) >= 11 is 0. The topological polar surface area (TPSA) is 66.0 Å². The minimum Gasteiger partial charge on any atom is -0.507 e. The van der Waals surface area contributed by atoms with Crippen molar-refractivity contribution in [2.45, 2.75) is 6.18 Å². The number of nitrogens with one attached hydrogen (secondary N) is 1. The van der Waals surface area contributed by atoms with E-state index < -0.39 is 23.3 Å². The highest BCUT2D eigenvalue weighted by Crippen LogP contribution is 2.27. The molecule has 0 bridgehead atoms. The number of benzene rings is 1. The quantitative estimate of drug-likeness (QED) is 0.723. The molecule has 0 unspecified atom stereocenters. The summed E-state index contributed by atoms with van der Waals surface area (Å²) < 4.78 is 36.9. The number of aromatic amines is 1. The van der Waals surface area contributed by atoms with Crippen LogP contribution in [0.3, 0.4) is 0 Å². The SMILES string of the molecule is O=c1[nH]c(C(F)(F)F)nc2cccc(O)c12. The van der Waals surface area contributed by atoms with E-state index in [9.17, 15) is 23.1 Å². The number of halogens is 3. The molecule has 7 heteroatoms. The summed E-state index contributed by atoms with van der Waals surface area (Å²) in [4.78, 5) is 16.1. The Morgan fingerprint density at radius 3 is 2.62 bits per heavy atom. The van der Waals surface area contributed by atoms with Gasteiger partial charge in [-0.2, -0.15) is 13.2 Å². The molecule has 0 spiro atoms. The fourth-order valence-electron chi connectivity index (χ4n) is 1.31. The van der Waals surface area contributed by atoms with Gasteiger partial charge in [0, 0.05) is 0 Å². The molecule has 1 heterocycles. The zero-order valence-corrected chi connectivity index (χ0v) is 7.67. The van der Waals surface area contributed by atoms with Crippen molar-refractivity contribution in [1.82, 2.24) is 9.97 Å². The van der Waals surface area contributed by atoms with E-state index in [1.54, 1.807) is 4.98 Å². The van der Waals surface area contributed by atoms with Crippen LogP contribution >= 0.6 is 0 Å². The lowest BCUT2D eigenvalue weighted by Gasteiger charge is -2.06. The highest BCUT2D eigenvalue weighted by atomic mass is 19.4. The molecule has 0 amide bonds. The molecule has 84 valence electrons. The number of phenolic OH excluding ortho intramolecular Hbond substituents is 1. The maximum absolute atomic E-state index is 12.3. The van der Waals surface area contributed by atoms with E-state index in [0.717, 1.165) is 0 Å². The second-order valence-corrected chi connectivity index (χ2v) is 3.08. The first-order chi connectivity index (χ1) is 7.39. The number of rotatable bonds is 0. The molecule has 0 saturated heterocycles. The molecule has 16 heavy (non-hydrogen) atoms. The molecule has 4 nitrogen and oxygen atoms in total. The molecule has 2 aromatic rings. The molecule has 0 atom stereocenters. The van der Waals surface area contributed by atoms with Gasteiger partial charge in [0.05, 0.1) is 5.52 Å². The second kappa shape index (κ2) is 3.22. The van der Waals surface area contributed by atoms with E-state index in [1.165, 1.54) is 18.2 Å². The number of nitrogens with zero attached hydrogens (tertiary/aromatic N) is 1. The maximum Gasteiger partial charge on any atom is 0.449 e. The molecule has 0 aliphatic rings. The Kier molecular flexibility index (Phi) is 2.11. The number of hydrogen-bond acceptors (Lipinski definition) is 3. The van der Waals surface area contributed by atoms with Gasteiger partial charge in [-0.25, -0.2) is 4.98 Å². The van der Waals surface area contributed by atoms with Gasteiger partial charge in [-0.15, -0.1) is 0 Å². The molecule has 0 fully saturated rings. The Hall–Kier alpha value is -2.05. The van der Waals surface area contributed by atoms with Crippen LogP contribution in [0.5, 0.6) is 5.75 Å². The van der Waals surface area contributed by atoms with Crippen LogP contribution in [-0.4, -0.2) is 15.1 Å². The summed E-state index contributed by atoms with van der Waals surface area (Å²) in [6.07, 6.45) is -4.72. The summed E-state index contributed by atoms with van der Waals surface area (Å²) in [6, 6.07) is 3.73. The average Bonchev–Trinajstić information content (AvgIpc) is 2.15. The third kappa shape index (κ3) is 1.60. The average molecular weight is 230 g/mol. The van der Waals surface area contributed by atoms with E-state index in [2.05, 4.69) is 4.98 Å². The van der Waals surface area contributed by atoms with Crippen molar-refractivity contribution >= 4 is 10.9 Å². The molecule has 2 N–H and O–H groups in total. The van der Waals surface area contributed by atoms with E-state index in [4.69, 9.17) is 0 Å². The molecule has 1 aromatic heterocycles. The summed E-state index contributed by atoms with van der Waals surface area (Å²) in [7, 11) is 0. The number of alkyl halides is 3. The van der Waals surface area contributed by atoms with Crippen LogP contribution in [0, 0.1) is 0 Å². The number of aromatic nitrogens is 2. The zero-order chi connectivity index (χ0) is 11.9. The van der Waals surface area contributed by atoms with Gasteiger partial charge < -0.3 is 10.1 Å². The third-order valence-corrected chi connectivity index (χ3v) is 1.98. The van der Waals surface area contributed by atoms with Crippen molar-refractivity contribution in [3.8, 4) is 5.75 Å². The van der Waals surface area contributed by atoms with Gasteiger partial charge >= 0.3 is 6.18 Å². The van der Waals surface area contributed by atoms with Crippen LogP contribution in [0.4, 0.5) is 13.2 Å². The number of hydrogen-bond donors (Lipinski definition) is 2. The Labute approximate surface area is 86.4 Å². The van der Waals surface area contributed by atoms with E-state index in [1.807, 2.05) is 0 Å². The minimum absolute atomic E-state index is 0.198. The number of H-pyrrole nitrogens is 1. The lowest BCUT2D eigenvalue weighted by molar-refractivity contribution is -0.144. The predicted molar refractivity (Wildman–Crippen MR) is 49.0 cm³/mol. The monoisotopic (exact) mass is 230 g/mol. The van der Waals surface area contributed by atoms with Crippen molar-refractivity contribution in [2.75, 3.05) is 0 Å². The molecule has 0 aliphatic carbocycles. The van der Waals surface area contributed by atoms with Crippen molar-refractivity contribution in [3.05, 3.63) is 34.4 Å². The van der Waals surface area contributed by atoms with Crippen LogP contribution in [-0.2, 0) is 6.18 Å². The lowest BCUT2D eigenvalue weighted by Crippen LogP contribution is -2.19. The van der Waals surface area contributed by atoms with Crippen LogP contribution in [0.25, 0.3) is 10.9 Å². The minimum atomic E-state index is -4.72. The van der Waals surface area contributed by atoms with Crippen molar-refractivity contribution in [2.24, 2.45) is 0 Å². The Morgan fingerprint density at radius 1 is 1.31 bits per heavy atom. The van der Waals surface area contributed by atoms with Crippen LogP contribution in [0.2, 0.25) is 0 Å². The molecule has 1 aromatic carbocycles. The van der Waals surface area contributed by atoms with Gasteiger partial charge in [0.1, 0.15) is 11.1 Å². The molecule has 0 radical (unpaired) electrons. The van der Waals surface area contributed by atoms with Crippen molar-refractivity contribution < 1.29 is 18.3 Å². The third-order valence-electron chi connectivity index (χ3n) is 1.98. The summed E-state index contributed by atoms with van der Waals surface area (Å²) in [6.45, 7) is 0. The van der Waals surface area contributed by atoms with E-state index >= 15 is 0 Å². The number of fused-ring (bicyclic) bond motifs is 1. The zero-order valence-electron chi connectivity index (χ0n) is 7.67. The first-order valence-electron chi connectivity index (χ1n) is 4.19. The Morgan fingerprint density at radius 2 is 2.00 bits per heavy atom. The van der Waals surface area contributed by atoms with Gasteiger partial charge in [-0.05, 0) is 12.1 Å². The lowest BCUT2D eigenvalue weighted by atomic mass is 10.2. The normalized spacial score (nSPS) is 11.9. The van der Waals surface area contributed by atoms with Crippen LogP contribution in [0.15, 0.2) is 23.0 Å². The summed E-state index contributed by atoms with van der Waals surface area (Å²) in [5.74, 6) is -1.78. The molecule has 2 rings (SSSR count). The molecule has 0 saturated carbocycles. The maximum atomic E-state index is 12.3.